The number of alkyl carbamates (subject to hydrolysis) is 1. The van der Waals surface area contributed by atoms with Crippen molar-refractivity contribution in [3.63, 3.8) is 0 Å². The topological polar surface area (TPSA) is 117 Å². The van der Waals surface area contributed by atoms with Crippen molar-refractivity contribution in [2.24, 2.45) is 0 Å². The number of thiazole rings is 2. The van der Waals surface area contributed by atoms with Gasteiger partial charge in [0.1, 0.15) is 12.6 Å². The Bertz CT molecular complexity index is 1620. The molecule has 260 valence electrons. The molecule has 3 atom stereocenters. The molecule has 49 heavy (non-hydrogen) atoms. The number of hydrogen-bond acceptors (Lipinski definition) is 9. The lowest BCUT2D eigenvalue weighted by atomic mass is 9.96. The second kappa shape index (κ2) is 18.2. The van der Waals surface area contributed by atoms with Crippen LogP contribution in [-0.4, -0.2) is 74.6 Å². The van der Waals surface area contributed by atoms with E-state index in [1.54, 1.807) is 51.7 Å². The molecule has 0 saturated carbocycles. The van der Waals surface area contributed by atoms with E-state index in [1.807, 2.05) is 53.9 Å². The van der Waals surface area contributed by atoms with Crippen LogP contribution in [0.5, 0.6) is 0 Å². The molecular weight excluding hydrogens is 677 g/mol. The Balaban J connectivity index is 1.24. The lowest BCUT2D eigenvalue weighted by Gasteiger charge is -2.30. The Kier molecular flexibility index (Phi) is 13.5. The maximum absolute atomic E-state index is 13.9. The molecular formula is C36H44N6O4S3. The number of amides is 4. The number of rotatable bonds is 15. The Morgan fingerprint density at radius 2 is 1.61 bits per heavy atom. The molecule has 3 heterocycles. The van der Waals surface area contributed by atoms with Gasteiger partial charge in [0.05, 0.1) is 33.5 Å². The van der Waals surface area contributed by atoms with Crippen molar-refractivity contribution >= 4 is 52.5 Å². The van der Waals surface area contributed by atoms with Gasteiger partial charge in [-0.1, -0.05) is 74.5 Å². The standard InChI is InChI=1S/C36H44N6O4S3/c1-25(2)34-39-30(21-48-34)19-41(3)36(45)42-24-47-22-32(42)33(43)38-28(16-26-10-6-4-7-11-26)14-15-29(17-27-12-8-5-9-13-27)40-35(44)46-20-31-18-37-23-49-31/h4-13,18,21,23,25,28-29,32H,14-17,19-20,22,24H2,1-3H3,(H,38,43)(H,40,44)/t28-,29-,32+/m1/s1. The summed E-state index contributed by atoms with van der Waals surface area (Å²) in [5, 5.41) is 9.39. The average Bonchev–Trinajstić information content (AvgIpc) is 3.90. The molecule has 4 aromatic rings. The maximum Gasteiger partial charge on any atom is 0.407 e. The number of carbonyl (C=O) groups excluding carboxylic acids is 3. The second-order valence-corrected chi connectivity index (χ2v) is 15.4. The van der Waals surface area contributed by atoms with Crippen molar-refractivity contribution in [3.8, 4) is 0 Å². The summed E-state index contributed by atoms with van der Waals surface area (Å²) in [4.78, 5) is 53.2. The molecule has 5 rings (SSSR count). The molecule has 1 fully saturated rings. The minimum absolute atomic E-state index is 0.161. The predicted octanol–water partition coefficient (Wildman–Crippen LogP) is 6.70. The molecule has 4 amide bonds. The SMILES string of the molecule is CC(C)c1nc(CN(C)C(=O)N2CSC[C@H]2C(=O)N[C@H](CC[C@H](Cc2ccccc2)NC(=O)OCc2cncs2)Cc2ccccc2)cs1. The van der Waals surface area contributed by atoms with E-state index in [2.05, 4.69) is 46.6 Å². The number of nitrogens with zero attached hydrogens (tertiary/aromatic N) is 4. The number of carbonyl (C=O) groups is 3. The first kappa shape index (κ1) is 36.3. The highest BCUT2D eigenvalue weighted by atomic mass is 32.2. The van der Waals surface area contributed by atoms with E-state index in [1.165, 1.54) is 11.3 Å². The lowest BCUT2D eigenvalue weighted by molar-refractivity contribution is -0.125. The monoisotopic (exact) mass is 720 g/mol. The summed E-state index contributed by atoms with van der Waals surface area (Å²) in [5.41, 5.74) is 4.75. The highest BCUT2D eigenvalue weighted by Crippen LogP contribution is 2.25. The van der Waals surface area contributed by atoms with Gasteiger partial charge in [-0.05, 0) is 36.8 Å². The van der Waals surface area contributed by atoms with Crippen LogP contribution in [0.4, 0.5) is 9.59 Å². The fourth-order valence-electron chi connectivity index (χ4n) is 5.64. The van der Waals surface area contributed by atoms with Gasteiger partial charge in [0, 0.05) is 42.4 Å². The molecule has 1 aliphatic rings. The number of aromatic nitrogens is 2. The molecule has 2 aromatic carbocycles. The third-order valence-electron chi connectivity index (χ3n) is 8.23. The van der Waals surface area contributed by atoms with Gasteiger partial charge in [-0.15, -0.1) is 34.4 Å². The third kappa shape index (κ3) is 11.0. The van der Waals surface area contributed by atoms with Crippen LogP contribution in [0.25, 0.3) is 0 Å². The van der Waals surface area contributed by atoms with E-state index < -0.39 is 12.1 Å². The van der Waals surface area contributed by atoms with E-state index in [-0.39, 0.29) is 30.6 Å². The Morgan fingerprint density at radius 1 is 0.959 bits per heavy atom. The Labute approximate surface area is 300 Å². The number of hydrogen-bond donors (Lipinski definition) is 2. The zero-order valence-electron chi connectivity index (χ0n) is 28.1. The molecule has 2 aromatic heterocycles. The summed E-state index contributed by atoms with van der Waals surface area (Å²) < 4.78 is 5.50. The van der Waals surface area contributed by atoms with E-state index in [0.717, 1.165) is 26.7 Å². The van der Waals surface area contributed by atoms with Crippen LogP contribution in [0, 0.1) is 0 Å². The first-order valence-corrected chi connectivity index (χ1v) is 19.4. The summed E-state index contributed by atoms with van der Waals surface area (Å²) in [7, 11) is 1.76. The van der Waals surface area contributed by atoms with Crippen molar-refractivity contribution in [3.05, 3.63) is 104 Å². The number of ether oxygens (including phenoxy) is 1. The summed E-state index contributed by atoms with van der Waals surface area (Å²) >= 11 is 4.62. The number of thioether (sulfide) groups is 1. The number of nitrogens with one attached hydrogen (secondary N) is 2. The van der Waals surface area contributed by atoms with Gasteiger partial charge in [0.25, 0.3) is 0 Å². The Morgan fingerprint density at radius 3 is 2.20 bits per heavy atom. The highest BCUT2D eigenvalue weighted by molar-refractivity contribution is 7.99. The molecule has 2 N–H and O–H groups in total. The third-order valence-corrected chi connectivity index (χ3v) is 11.2. The summed E-state index contributed by atoms with van der Waals surface area (Å²) in [5.74, 6) is 1.15. The second-order valence-electron chi connectivity index (χ2n) is 12.5. The summed E-state index contributed by atoms with van der Waals surface area (Å²) in [6, 6.07) is 18.9. The van der Waals surface area contributed by atoms with Gasteiger partial charge in [-0.2, -0.15) is 0 Å². The van der Waals surface area contributed by atoms with Crippen LogP contribution in [-0.2, 0) is 35.5 Å². The zero-order chi connectivity index (χ0) is 34.6. The van der Waals surface area contributed by atoms with Crippen molar-refractivity contribution in [1.82, 2.24) is 30.4 Å². The number of benzene rings is 2. The average molecular weight is 721 g/mol. The first-order chi connectivity index (χ1) is 23.7. The largest absolute Gasteiger partial charge is 0.444 e. The van der Waals surface area contributed by atoms with E-state index in [4.69, 9.17) is 4.74 Å². The van der Waals surface area contributed by atoms with E-state index >= 15 is 0 Å². The molecule has 0 spiro atoms. The molecule has 13 heteroatoms. The van der Waals surface area contributed by atoms with Crippen LogP contribution < -0.4 is 10.6 Å². The normalized spacial score (nSPS) is 15.5. The minimum atomic E-state index is -0.583. The zero-order valence-corrected chi connectivity index (χ0v) is 30.6. The van der Waals surface area contributed by atoms with Crippen LogP contribution in [0.15, 0.2) is 77.8 Å². The van der Waals surface area contributed by atoms with Gasteiger partial charge in [0.15, 0.2) is 0 Å². The minimum Gasteiger partial charge on any atom is -0.444 e. The van der Waals surface area contributed by atoms with E-state index in [0.29, 0.717) is 49.8 Å². The van der Waals surface area contributed by atoms with Crippen LogP contribution in [0.2, 0.25) is 0 Å². The smallest absolute Gasteiger partial charge is 0.407 e. The van der Waals surface area contributed by atoms with Gasteiger partial charge in [0.2, 0.25) is 5.91 Å². The molecule has 1 aliphatic heterocycles. The molecule has 0 aliphatic carbocycles. The van der Waals surface area contributed by atoms with Gasteiger partial charge < -0.3 is 25.2 Å². The lowest BCUT2D eigenvalue weighted by Crippen LogP contribution is -2.53. The van der Waals surface area contributed by atoms with Crippen LogP contribution in [0.3, 0.4) is 0 Å². The predicted molar refractivity (Wildman–Crippen MR) is 197 cm³/mol. The van der Waals surface area contributed by atoms with Crippen molar-refractivity contribution in [2.45, 2.75) is 76.7 Å². The summed E-state index contributed by atoms with van der Waals surface area (Å²) in [6.45, 7) is 4.75. The van der Waals surface area contributed by atoms with Crippen molar-refractivity contribution in [2.75, 3.05) is 18.7 Å². The van der Waals surface area contributed by atoms with Crippen molar-refractivity contribution < 1.29 is 19.1 Å². The molecule has 0 radical (unpaired) electrons. The van der Waals surface area contributed by atoms with E-state index in [9.17, 15) is 14.4 Å². The Hall–Kier alpha value is -3.94. The van der Waals surface area contributed by atoms with Crippen molar-refractivity contribution in [1.29, 1.82) is 0 Å². The fourth-order valence-corrected chi connectivity index (χ4v) is 8.12. The number of urea groups is 1. The van der Waals surface area contributed by atoms with Gasteiger partial charge >= 0.3 is 12.1 Å². The van der Waals surface area contributed by atoms with Gasteiger partial charge in [-0.3, -0.25) is 9.78 Å². The molecule has 1 saturated heterocycles. The maximum atomic E-state index is 13.9. The fraction of sp³-hybridized carbons (Fsp3) is 0.417. The quantitative estimate of drug-likeness (QED) is 0.141. The van der Waals surface area contributed by atoms with Crippen LogP contribution in [0.1, 0.15) is 59.3 Å². The first-order valence-electron chi connectivity index (χ1n) is 16.5. The molecule has 0 bridgehead atoms. The van der Waals surface area contributed by atoms with Crippen LogP contribution >= 0.6 is 34.4 Å². The molecule has 0 unspecified atom stereocenters. The highest BCUT2D eigenvalue weighted by Gasteiger charge is 2.37. The summed E-state index contributed by atoms with van der Waals surface area (Å²) in [6.07, 6.45) is 3.67. The van der Waals surface area contributed by atoms with Gasteiger partial charge in [-0.25, -0.2) is 14.6 Å². The molecule has 10 nitrogen and oxygen atoms in total.